The molecule has 0 saturated heterocycles. The summed E-state index contributed by atoms with van der Waals surface area (Å²) in [4.78, 5) is 3.27. The van der Waals surface area contributed by atoms with Gasteiger partial charge in [-0.3, -0.25) is 0 Å². The average Bonchev–Trinajstić information content (AvgIpc) is 3.22. The first-order chi connectivity index (χ1) is 11.4. The van der Waals surface area contributed by atoms with Gasteiger partial charge in [0, 0.05) is 22.9 Å². The minimum Gasteiger partial charge on any atom is -0.416 e. The van der Waals surface area contributed by atoms with E-state index in [4.69, 9.17) is 4.42 Å². The minimum atomic E-state index is 0.615. The van der Waals surface area contributed by atoms with Crippen LogP contribution in [0.5, 0.6) is 0 Å². The molecule has 0 spiro atoms. The summed E-state index contributed by atoms with van der Waals surface area (Å²) in [5, 5.41) is 10.1. The van der Waals surface area contributed by atoms with Crippen LogP contribution in [0, 0.1) is 0 Å². The topological polar surface area (TPSA) is 54.7 Å². The zero-order chi connectivity index (χ0) is 15.5. The summed E-state index contributed by atoms with van der Waals surface area (Å²) in [6.45, 7) is 0. The predicted octanol–water partition coefficient (Wildman–Crippen LogP) is 4.43. The van der Waals surface area contributed by atoms with Gasteiger partial charge in [-0.15, -0.1) is 10.2 Å². The highest BCUT2D eigenvalue weighted by molar-refractivity contribution is 7.98. The van der Waals surface area contributed by atoms with E-state index in [1.54, 1.807) is 11.8 Å². The molecule has 0 radical (unpaired) electrons. The van der Waals surface area contributed by atoms with Crippen molar-refractivity contribution in [2.45, 2.75) is 17.4 Å². The van der Waals surface area contributed by atoms with E-state index >= 15 is 0 Å². The van der Waals surface area contributed by atoms with Crippen LogP contribution in [0.4, 0.5) is 0 Å². The smallest absolute Gasteiger partial charge is 0.276 e. The van der Waals surface area contributed by atoms with Crippen LogP contribution in [0.3, 0.4) is 0 Å². The summed E-state index contributed by atoms with van der Waals surface area (Å²) < 4.78 is 5.75. The van der Waals surface area contributed by atoms with Gasteiger partial charge in [-0.2, -0.15) is 0 Å². The van der Waals surface area contributed by atoms with Gasteiger partial charge in [-0.1, -0.05) is 60.3 Å². The zero-order valence-electron chi connectivity index (χ0n) is 12.4. The number of thioether (sulfide) groups is 1. The van der Waals surface area contributed by atoms with Gasteiger partial charge in [0.15, 0.2) is 0 Å². The molecule has 0 amide bonds. The summed E-state index contributed by atoms with van der Waals surface area (Å²) in [6, 6.07) is 18.5. The van der Waals surface area contributed by atoms with E-state index in [1.807, 2.05) is 36.5 Å². The van der Waals surface area contributed by atoms with Gasteiger partial charge in [-0.05, 0) is 17.2 Å². The number of H-pyrrole nitrogens is 1. The molecule has 2 aromatic carbocycles. The number of nitrogens with one attached hydrogen (secondary N) is 1. The lowest BCUT2D eigenvalue weighted by molar-refractivity contribution is 0.420. The SMILES string of the molecule is c1ccc(CSc2nnc(Cc3c[nH]c4ccccc34)o2)cc1. The Morgan fingerprint density at radius 3 is 2.70 bits per heavy atom. The molecule has 114 valence electrons. The molecule has 4 nitrogen and oxygen atoms in total. The highest BCUT2D eigenvalue weighted by Crippen LogP contribution is 2.24. The molecule has 0 aliphatic heterocycles. The van der Waals surface area contributed by atoms with Gasteiger partial charge >= 0.3 is 0 Å². The molecule has 0 atom stereocenters. The maximum absolute atomic E-state index is 5.75. The van der Waals surface area contributed by atoms with Crippen LogP contribution < -0.4 is 0 Å². The van der Waals surface area contributed by atoms with Crippen LogP contribution in [0.25, 0.3) is 10.9 Å². The first kappa shape index (κ1) is 14.1. The molecule has 0 saturated carbocycles. The van der Waals surface area contributed by atoms with E-state index in [0.29, 0.717) is 17.5 Å². The molecule has 4 aromatic rings. The Bertz CT molecular complexity index is 914. The standard InChI is InChI=1S/C18H15N3OS/c1-2-6-13(7-3-1)12-23-18-21-20-17(22-18)10-14-11-19-16-9-5-4-8-15(14)16/h1-9,11,19H,10,12H2. The maximum atomic E-state index is 5.75. The lowest BCUT2D eigenvalue weighted by Gasteiger charge is -1.97. The van der Waals surface area contributed by atoms with E-state index in [1.165, 1.54) is 16.5 Å². The van der Waals surface area contributed by atoms with Crippen LogP contribution in [0.2, 0.25) is 0 Å². The third-order valence-electron chi connectivity index (χ3n) is 3.67. The van der Waals surface area contributed by atoms with Crippen molar-refractivity contribution in [1.82, 2.24) is 15.2 Å². The number of hydrogen-bond donors (Lipinski definition) is 1. The highest BCUT2D eigenvalue weighted by Gasteiger charge is 2.10. The first-order valence-corrected chi connectivity index (χ1v) is 8.41. The predicted molar refractivity (Wildman–Crippen MR) is 91.4 cm³/mol. The average molecular weight is 321 g/mol. The summed E-state index contributed by atoms with van der Waals surface area (Å²) in [6.07, 6.45) is 2.65. The van der Waals surface area contributed by atoms with Crippen molar-refractivity contribution in [3.05, 3.63) is 77.8 Å². The van der Waals surface area contributed by atoms with Crippen LogP contribution in [0.1, 0.15) is 17.0 Å². The van der Waals surface area contributed by atoms with Gasteiger partial charge in [0.25, 0.3) is 5.22 Å². The second-order valence-electron chi connectivity index (χ2n) is 5.27. The lowest BCUT2D eigenvalue weighted by Crippen LogP contribution is -1.86. The number of hydrogen-bond acceptors (Lipinski definition) is 4. The molecule has 0 bridgehead atoms. The van der Waals surface area contributed by atoms with Gasteiger partial charge in [-0.25, -0.2) is 0 Å². The molecule has 2 heterocycles. The van der Waals surface area contributed by atoms with Gasteiger partial charge < -0.3 is 9.40 Å². The van der Waals surface area contributed by atoms with E-state index in [0.717, 1.165) is 11.3 Å². The minimum absolute atomic E-state index is 0.615. The molecule has 1 N–H and O–H groups in total. The van der Waals surface area contributed by atoms with E-state index in [2.05, 4.69) is 39.4 Å². The molecule has 5 heteroatoms. The summed E-state index contributed by atoms with van der Waals surface area (Å²) in [5.41, 5.74) is 3.54. The fraction of sp³-hybridized carbons (Fsp3) is 0.111. The molecule has 23 heavy (non-hydrogen) atoms. The number of para-hydroxylation sites is 1. The van der Waals surface area contributed by atoms with Crippen molar-refractivity contribution in [1.29, 1.82) is 0 Å². The fourth-order valence-corrected chi connectivity index (χ4v) is 3.26. The number of rotatable bonds is 5. The Balaban J connectivity index is 1.46. The molecular formula is C18H15N3OS. The van der Waals surface area contributed by atoms with Gasteiger partial charge in [0.05, 0.1) is 6.42 Å². The summed E-state index contributed by atoms with van der Waals surface area (Å²) in [7, 11) is 0. The van der Waals surface area contributed by atoms with Crippen molar-refractivity contribution in [2.75, 3.05) is 0 Å². The second-order valence-corrected chi connectivity index (χ2v) is 6.20. The van der Waals surface area contributed by atoms with Crippen molar-refractivity contribution in [2.24, 2.45) is 0 Å². The monoisotopic (exact) mass is 321 g/mol. The number of aromatic amines is 1. The highest BCUT2D eigenvalue weighted by atomic mass is 32.2. The van der Waals surface area contributed by atoms with E-state index in [-0.39, 0.29) is 0 Å². The normalized spacial score (nSPS) is 11.1. The van der Waals surface area contributed by atoms with Crippen LogP contribution in [-0.2, 0) is 12.2 Å². The van der Waals surface area contributed by atoms with E-state index < -0.39 is 0 Å². The molecule has 0 aliphatic rings. The molecule has 0 fully saturated rings. The Hall–Kier alpha value is -2.53. The van der Waals surface area contributed by atoms with Gasteiger partial charge in [0.2, 0.25) is 5.89 Å². The number of fused-ring (bicyclic) bond motifs is 1. The third kappa shape index (κ3) is 3.14. The lowest BCUT2D eigenvalue weighted by atomic mass is 10.1. The van der Waals surface area contributed by atoms with Crippen molar-refractivity contribution in [3.63, 3.8) is 0 Å². The van der Waals surface area contributed by atoms with Crippen molar-refractivity contribution < 1.29 is 4.42 Å². The van der Waals surface area contributed by atoms with Crippen LogP contribution in [-0.4, -0.2) is 15.2 Å². The molecule has 0 unspecified atom stereocenters. The fourth-order valence-electron chi connectivity index (χ4n) is 2.53. The molecule has 2 aromatic heterocycles. The first-order valence-electron chi connectivity index (χ1n) is 7.42. The largest absolute Gasteiger partial charge is 0.416 e. The molecular weight excluding hydrogens is 306 g/mol. The third-order valence-corrected chi connectivity index (χ3v) is 4.56. The maximum Gasteiger partial charge on any atom is 0.276 e. The van der Waals surface area contributed by atoms with Gasteiger partial charge in [0.1, 0.15) is 0 Å². The zero-order valence-corrected chi connectivity index (χ0v) is 13.2. The second kappa shape index (κ2) is 6.30. The van der Waals surface area contributed by atoms with E-state index in [9.17, 15) is 0 Å². The molecule has 0 aliphatic carbocycles. The summed E-state index contributed by atoms with van der Waals surface area (Å²) in [5.74, 6) is 1.47. The molecule has 4 rings (SSSR count). The number of benzene rings is 2. The van der Waals surface area contributed by atoms with Crippen LogP contribution in [0.15, 0.2) is 70.4 Å². The van der Waals surface area contributed by atoms with Crippen molar-refractivity contribution >= 4 is 22.7 Å². The van der Waals surface area contributed by atoms with Crippen LogP contribution >= 0.6 is 11.8 Å². The summed E-state index contributed by atoms with van der Waals surface area (Å²) >= 11 is 1.56. The number of nitrogens with zero attached hydrogens (tertiary/aromatic N) is 2. The Morgan fingerprint density at radius 1 is 0.957 bits per heavy atom. The Morgan fingerprint density at radius 2 is 1.78 bits per heavy atom. The van der Waals surface area contributed by atoms with Crippen molar-refractivity contribution in [3.8, 4) is 0 Å². The Labute approximate surface area is 137 Å². The Kier molecular flexibility index (Phi) is 3.86. The quantitative estimate of drug-likeness (QED) is 0.552. The number of aromatic nitrogens is 3.